The van der Waals surface area contributed by atoms with E-state index in [2.05, 4.69) is 22.3 Å². The Morgan fingerprint density at radius 3 is 2.35 bits per heavy atom. The van der Waals surface area contributed by atoms with E-state index in [9.17, 15) is 19.5 Å². The zero-order valence-electron chi connectivity index (χ0n) is 11.9. The molecule has 0 aromatic carbocycles. The van der Waals surface area contributed by atoms with Crippen LogP contribution in [0.1, 0.15) is 32.6 Å². The molecule has 0 heterocycles. The third kappa shape index (κ3) is 4.40. The van der Waals surface area contributed by atoms with Crippen molar-refractivity contribution in [2.75, 3.05) is 20.2 Å². The zero-order valence-corrected chi connectivity index (χ0v) is 11.9. The summed E-state index contributed by atoms with van der Waals surface area (Å²) < 4.78 is 4.39. The molecule has 0 saturated heterocycles. The number of carboxylic acid groups (broad SMARTS) is 1. The van der Waals surface area contributed by atoms with Crippen molar-refractivity contribution in [1.82, 2.24) is 10.6 Å². The third-order valence-electron chi connectivity index (χ3n) is 3.89. The van der Waals surface area contributed by atoms with Gasteiger partial charge in [-0.15, -0.1) is 0 Å². The quantitative estimate of drug-likeness (QED) is 0.646. The molecule has 1 rings (SSSR count). The summed E-state index contributed by atoms with van der Waals surface area (Å²) in [5.41, 5.74) is -0.894. The number of rotatable bonds is 5. The van der Waals surface area contributed by atoms with Crippen LogP contribution in [0.25, 0.3) is 0 Å². The molecule has 1 aliphatic rings. The van der Waals surface area contributed by atoms with Gasteiger partial charge in [-0.05, 0) is 31.6 Å². The van der Waals surface area contributed by atoms with Crippen molar-refractivity contribution in [2.24, 2.45) is 11.3 Å². The average Bonchev–Trinajstić information content (AvgIpc) is 2.44. The molecule has 1 aliphatic carbocycles. The van der Waals surface area contributed by atoms with E-state index in [4.69, 9.17) is 0 Å². The predicted molar refractivity (Wildman–Crippen MR) is 71.1 cm³/mol. The van der Waals surface area contributed by atoms with Gasteiger partial charge in [-0.1, -0.05) is 6.92 Å². The maximum Gasteiger partial charge on any atom is 0.325 e. The molecule has 3 N–H and O–H groups in total. The largest absolute Gasteiger partial charge is 0.481 e. The summed E-state index contributed by atoms with van der Waals surface area (Å²) >= 11 is 0. The van der Waals surface area contributed by atoms with E-state index in [-0.39, 0.29) is 13.1 Å². The van der Waals surface area contributed by atoms with Crippen molar-refractivity contribution >= 4 is 18.0 Å². The lowest BCUT2D eigenvalue weighted by atomic mass is 9.71. The fourth-order valence-electron chi connectivity index (χ4n) is 2.32. The molecule has 0 radical (unpaired) electrons. The first kappa shape index (κ1) is 16.3. The minimum Gasteiger partial charge on any atom is -0.481 e. The minimum atomic E-state index is -0.894. The van der Waals surface area contributed by atoms with Gasteiger partial charge in [0, 0.05) is 6.54 Å². The number of hydrogen-bond acceptors (Lipinski definition) is 4. The molecular formula is C13H22N2O5. The smallest absolute Gasteiger partial charge is 0.325 e. The topological polar surface area (TPSA) is 105 Å². The Morgan fingerprint density at radius 2 is 1.85 bits per heavy atom. The van der Waals surface area contributed by atoms with Crippen molar-refractivity contribution in [3.8, 4) is 0 Å². The van der Waals surface area contributed by atoms with Crippen LogP contribution in [-0.4, -0.2) is 43.3 Å². The number of carbonyl (C=O) groups excluding carboxylic acids is 2. The summed E-state index contributed by atoms with van der Waals surface area (Å²) in [7, 11) is 1.23. The van der Waals surface area contributed by atoms with Crippen molar-refractivity contribution in [1.29, 1.82) is 0 Å². The summed E-state index contributed by atoms with van der Waals surface area (Å²) in [6, 6.07) is -0.561. The number of amides is 2. The SMILES string of the molecule is COC(=O)CNC(=O)NCC1(C(=O)O)CCC(C)CC1. The number of urea groups is 1. The lowest BCUT2D eigenvalue weighted by Gasteiger charge is -2.35. The van der Waals surface area contributed by atoms with Crippen LogP contribution in [-0.2, 0) is 14.3 Å². The van der Waals surface area contributed by atoms with Gasteiger partial charge in [0.25, 0.3) is 0 Å². The highest BCUT2D eigenvalue weighted by Crippen LogP contribution is 2.38. The molecule has 1 fully saturated rings. The standard InChI is InChI=1S/C13H22N2O5/c1-9-3-5-13(6-4-9,11(17)18)8-15-12(19)14-7-10(16)20-2/h9H,3-8H2,1-2H3,(H,17,18)(H2,14,15,19). The van der Waals surface area contributed by atoms with Crippen LogP contribution < -0.4 is 10.6 Å². The number of carboxylic acids is 1. The molecule has 2 amide bonds. The first-order valence-electron chi connectivity index (χ1n) is 6.71. The lowest BCUT2D eigenvalue weighted by Crippen LogP contribution is -2.48. The van der Waals surface area contributed by atoms with E-state index in [1.54, 1.807) is 0 Å². The van der Waals surface area contributed by atoms with Crippen LogP contribution in [0.4, 0.5) is 4.79 Å². The fraction of sp³-hybridized carbons (Fsp3) is 0.769. The maximum atomic E-state index is 11.5. The summed E-state index contributed by atoms with van der Waals surface area (Å²) in [4.78, 5) is 33.8. The Bertz CT molecular complexity index is 375. The Kier molecular flexibility index (Phi) is 5.79. The van der Waals surface area contributed by atoms with Gasteiger partial charge in [-0.3, -0.25) is 9.59 Å². The first-order valence-corrected chi connectivity index (χ1v) is 6.71. The van der Waals surface area contributed by atoms with E-state index >= 15 is 0 Å². The second kappa shape index (κ2) is 7.12. The second-order valence-corrected chi connectivity index (χ2v) is 5.38. The molecular weight excluding hydrogens is 264 g/mol. The molecule has 0 unspecified atom stereocenters. The van der Waals surface area contributed by atoms with E-state index in [1.165, 1.54) is 7.11 Å². The number of nitrogens with one attached hydrogen (secondary N) is 2. The molecule has 7 nitrogen and oxygen atoms in total. The molecule has 0 bridgehead atoms. The number of carbonyl (C=O) groups is 3. The van der Waals surface area contributed by atoms with Gasteiger partial charge in [0.1, 0.15) is 6.54 Å². The molecule has 0 aliphatic heterocycles. The molecule has 0 aromatic heterocycles. The average molecular weight is 286 g/mol. The molecule has 1 saturated carbocycles. The molecule has 0 atom stereocenters. The minimum absolute atomic E-state index is 0.0715. The predicted octanol–water partition coefficient (Wildman–Crippen LogP) is 0.740. The normalized spacial score (nSPS) is 25.6. The van der Waals surface area contributed by atoms with Gasteiger partial charge in [-0.25, -0.2) is 4.79 Å². The number of hydrogen-bond donors (Lipinski definition) is 3. The highest BCUT2D eigenvalue weighted by atomic mass is 16.5. The van der Waals surface area contributed by atoms with Crippen molar-refractivity contribution in [3.05, 3.63) is 0 Å². The van der Waals surface area contributed by atoms with Gasteiger partial charge < -0.3 is 20.5 Å². The van der Waals surface area contributed by atoms with Crippen LogP contribution in [0.3, 0.4) is 0 Å². The summed E-state index contributed by atoms with van der Waals surface area (Å²) in [6.07, 6.45) is 2.80. The Hall–Kier alpha value is -1.79. The van der Waals surface area contributed by atoms with E-state index < -0.39 is 23.4 Å². The Morgan fingerprint density at radius 1 is 1.25 bits per heavy atom. The summed E-state index contributed by atoms with van der Waals surface area (Å²) in [5, 5.41) is 14.2. The summed E-state index contributed by atoms with van der Waals surface area (Å²) in [6.45, 7) is 1.93. The lowest BCUT2D eigenvalue weighted by molar-refractivity contribution is -0.151. The van der Waals surface area contributed by atoms with Gasteiger partial charge in [0.05, 0.1) is 12.5 Å². The van der Waals surface area contributed by atoms with Gasteiger partial charge in [-0.2, -0.15) is 0 Å². The van der Waals surface area contributed by atoms with Crippen LogP contribution in [0.15, 0.2) is 0 Å². The highest BCUT2D eigenvalue weighted by Gasteiger charge is 2.41. The maximum absolute atomic E-state index is 11.5. The summed E-state index contributed by atoms with van der Waals surface area (Å²) in [5.74, 6) is -0.909. The monoisotopic (exact) mass is 286 g/mol. The third-order valence-corrected chi connectivity index (χ3v) is 3.89. The van der Waals surface area contributed by atoms with Gasteiger partial charge >= 0.3 is 18.0 Å². The van der Waals surface area contributed by atoms with Crippen LogP contribution >= 0.6 is 0 Å². The number of esters is 1. The highest BCUT2D eigenvalue weighted by molar-refractivity contribution is 5.81. The van der Waals surface area contributed by atoms with E-state index in [0.29, 0.717) is 18.8 Å². The number of ether oxygens (including phenoxy) is 1. The van der Waals surface area contributed by atoms with Gasteiger partial charge in [0.15, 0.2) is 0 Å². The van der Waals surface area contributed by atoms with Crippen LogP contribution in [0.5, 0.6) is 0 Å². The van der Waals surface area contributed by atoms with Crippen molar-refractivity contribution in [2.45, 2.75) is 32.6 Å². The molecule has 114 valence electrons. The van der Waals surface area contributed by atoms with Crippen molar-refractivity contribution < 1.29 is 24.2 Å². The van der Waals surface area contributed by atoms with E-state index in [1.807, 2.05) is 0 Å². The molecule has 0 spiro atoms. The first-order chi connectivity index (χ1) is 9.39. The Labute approximate surface area is 118 Å². The number of aliphatic carboxylic acids is 1. The van der Waals surface area contributed by atoms with Crippen LogP contribution in [0, 0.1) is 11.3 Å². The van der Waals surface area contributed by atoms with Crippen LogP contribution in [0.2, 0.25) is 0 Å². The van der Waals surface area contributed by atoms with Gasteiger partial charge in [0.2, 0.25) is 0 Å². The number of methoxy groups -OCH3 is 1. The molecule has 0 aromatic rings. The molecule has 20 heavy (non-hydrogen) atoms. The van der Waals surface area contributed by atoms with E-state index in [0.717, 1.165) is 12.8 Å². The Balaban J connectivity index is 2.45. The zero-order chi connectivity index (χ0) is 15.2. The second-order valence-electron chi connectivity index (χ2n) is 5.38. The fourth-order valence-corrected chi connectivity index (χ4v) is 2.32. The molecule has 7 heteroatoms. The van der Waals surface area contributed by atoms with Crippen molar-refractivity contribution in [3.63, 3.8) is 0 Å².